The van der Waals surface area contributed by atoms with E-state index in [4.69, 9.17) is 9.47 Å². The van der Waals surface area contributed by atoms with Crippen molar-refractivity contribution >= 4 is 0 Å². The third-order valence-corrected chi connectivity index (χ3v) is 5.23. The maximum absolute atomic E-state index is 6.07. The molecule has 4 rings (SSSR count). The Morgan fingerprint density at radius 1 is 0.815 bits per heavy atom. The highest BCUT2D eigenvalue weighted by Crippen LogP contribution is 2.28. The molecule has 3 heteroatoms. The van der Waals surface area contributed by atoms with Gasteiger partial charge in [-0.1, -0.05) is 54.6 Å². The van der Waals surface area contributed by atoms with E-state index in [0.29, 0.717) is 6.61 Å². The molecule has 27 heavy (non-hydrogen) atoms. The van der Waals surface area contributed by atoms with Crippen LogP contribution in [0.1, 0.15) is 22.3 Å². The fraction of sp³-hybridized carbons (Fsp3) is 0.250. The van der Waals surface area contributed by atoms with Crippen LogP contribution in [0.3, 0.4) is 0 Å². The van der Waals surface area contributed by atoms with Gasteiger partial charge in [0.05, 0.1) is 13.7 Å². The molecule has 0 aliphatic carbocycles. The average molecular weight is 360 g/mol. The molecule has 3 aromatic carbocycles. The van der Waals surface area contributed by atoms with Gasteiger partial charge in [-0.2, -0.15) is 0 Å². The molecule has 138 valence electrons. The van der Waals surface area contributed by atoms with Gasteiger partial charge in [-0.25, -0.2) is 0 Å². The van der Waals surface area contributed by atoms with Crippen LogP contribution < -0.4 is 14.4 Å². The lowest BCUT2D eigenvalue weighted by Gasteiger charge is -2.26. The van der Waals surface area contributed by atoms with Crippen molar-refractivity contribution in [3.63, 3.8) is 0 Å². The average Bonchev–Trinajstić information content (AvgIpc) is 2.73. The van der Waals surface area contributed by atoms with E-state index in [9.17, 15) is 0 Å². The van der Waals surface area contributed by atoms with Crippen molar-refractivity contribution in [1.29, 1.82) is 0 Å². The first kappa shape index (κ1) is 17.6. The Labute approximate surface area is 161 Å². The van der Waals surface area contributed by atoms with E-state index in [2.05, 4.69) is 48.5 Å². The standard InChI is InChI=1S/C24H25NO2/c1-26-23-12-11-20(15-24(23)27-18-19-7-3-2-4-8-19)16-25-14-13-21-9-5-6-10-22(21)17-25/h2-12,15H,13-14,16-18H2,1H3/p+1. The van der Waals surface area contributed by atoms with E-state index in [0.717, 1.165) is 36.6 Å². The van der Waals surface area contributed by atoms with Crippen LogP contribution in [-0.4, -0.2) is 13.7 Å². The van der Waals surface area contributed by atoms with Crippen LogP contribution in [-0.2, 0) is 26.1 Å². The predicted octanol–water partition coefficient (Wildman–Crippen LogP) is 3.42. The molecule has 1 atom stereocenters. The lowest BCUT2D eigenvalue weighted by Crippen LogP contribution is -3.10. The third kappa shape index (κ3) is 4.32. The summed E-state index contributed by atoms with van der Waals surface area (Å²) in [4.78, 5) is 1.59. The van der Waals surface area contributed by atoms with Crippen molar-refractivity contribution in [1.82, 2.24) is 0 Å². The molecule has 0 aromatic heterocycles. The largest absolute Gasteiger partial charge is 0.493 e. The molecule has 0 bridgehead atoms. The number of nitrogens with one attached hydrogen (secondary N) is 1. The molecule has 0 radical (unpaired) electrons. The zero-order chi connectivity index (χ0) is 18.5. The first-order valence-corrected chi connectivity index (χ1v) is 9.56. The normalized spacial score (nSPS) is 15.8. The maximum atomic E-state index is 6.07. The fourth-order valence-electron chi connectivity index (χ4n) is 3.76. The summed E-state index contributed by atoms with van der Waals surface area (Å²) in [5.74, 6) is 1.60. The molecule has 1 N–H and O–H groups in total. The van der Waals surface area contributed by atoms with Gasteiger partial charge in [-0.05, 0) is 29.3 Å². The smallest absolute Gasteiger partial charge is 0.162 e. The Balaban J connectivity index is 1.46. The minimum atomic E-state index is 0.546. The summed E-state index contributed by atoms with van der Waals surface area (Å²) in [6.45, 7) is 3.80. The maximum Gasteiger partial charge on any atom is 0.162 e. The van der Waals surface area contributed by atoms with Crippen LogP contribution in [0.2, 0.25) is 0 Å². The van der Waals surface area contributed by atoms with Crippen LogP contribution in [0.25, 0.3) is 0 Å². The van der Waals surface area contributed by atoms with Crippen LogP contribution in [0.15, 0.2) is 72.8 Å². The molecule has 1 unspecified atom stereocenters. The van der Waals surface area contributed by atoms with Gasteiger partial charge >= 0.3 is 0 Å². The predicted molar refractivity (Wildman–Crippen MR) is 107 cm³/mol. The van der Waals surface area contributed by atoms with Gasteiger partial charge < -0.3 is 14.4 Å². The molecule has 3 aromatic rings. The van der Waals surface area contributed by atoms with Crippen molar-refractivity contribution in [3.05, 3.63) is 95.1 Å². The van der Waals surface area contributed by atoms with Crippen LogP contribution in [0.4, 0.5) is 0 Å². The van der Waals surface area contributed by atoms with Crippen LogP contribution in [0, 0.1) is 0 Å². The summed E-state index contributed by atoms with van der Waals surface area (Å²) >= 11 is 0. The number of quaternary nitrogens is 1. The van der Waals surface area contributed by atoms with Gasteiger partial charge in [-0.15, -0.1) is 0 Å². The molecule has 0 spiro atoms. The van der Waals surface area contributed by atoms with Crippen molar-refractivity contribution in [2.75, 3.05) is 13.7 Å². The number of benzene rings is 3. The number of rotatable bonds is 6. The lowest BCUT2D eigenvalue weighted by atomic mass is 9.99. The van der Waals surface area contributed by atoms with Crippen molar-refractivity contribution in [2.45, 2.75) is 26.1 Å². The number of hydrogen-bond donors (Lipinski definition) is 1. The van der Waals surface area contributed by atoms with Gasteiger partial charge in [0.25, 0.3) is 0 Å². The van der Waals surface area contributed by atoms with E-state index in [1.807, 2.05) is 24.3 Å². The zero-order valence-electron chi connectivity index (χ0n) is 15.8. The zero-order valence-corrected chi connectivity index (χ0v) is 15.8. The van der Waals surface area contributed by atoms with Gasteiger partial charge in [0.15, 0.2) is 11.5 Å². The van der Waals surface area contributed by atoms with E-state index in [-0.39, 0.29) is 0 Å². The first-order chi connectivity index (χ1) is 13.3. The van der Waals surface area contributed by atoms with Gasteiger partial charge in [0.2, 0.25) is 0 Å². The van der Waals surface area contributed by atoms with Crippen molar-refractivity contribution in [3.8, 4) is 11.5 Å². The fourth-order valence-corrected chi connectivity index (χ4v) is 3.76. The van der Waals surface area contributed by atoms with E-state index >= 15 is 0 Å². The van der Waals surface area contributed by atoms with Crippen molar-refractivity contribution in [2.24, 2.45) is 0 Å². The minimum Gasteiger partial charge on any atom is -0.493 e. The van der Waals surface area contributed by atoms with Gasteiger partial charge in [-0.3, -0.25) is 0 Å². The number of fused-ring (bicyclic) bond motifs is 1. The van der Waals surface area contributed by atoms with E-state index in [1.54, 1.807) is 12.0 Å². The van der Waals surface area contributed by atoms with Crippen LogP contribution >= 0.6 is 0 Å². The molecule has 1 aliphatic heterocycles. The second kappa shape index (κ2) is 8.28. The summed E-state index contributed by atoms with van der Waals surface area (Å²) in [5.41, 5.74) is 5.42. The van der Waals surface area contributed by atoms with Crippen molar-refractivity contribution < 1.29 is 14.4 Å². The summed E-state index contributed by atoms with van der Waals surface area (Å²) in [6, 6.07) is 25.3. The highest BCUT2D eigenvalue weighted by molar-refractivity contribution is 5.43. The first-order valence-electron chi connectivity index (χ1n) is 9.56. The topological polar surface area (TPSA) is 22.9 Å². The van der Waals surface area contributed by atoms with E-state index < -0.39 is 0 Å². The highest BCUT2D eigenvalue weighted by Gasteiger charge is 2.19. The molecule has 0 saturated heterocycles. The molecule has 1 heterocycles. The molecular weight excluding hydrogens is 334 g/mol. The minimum absolute atomic E-state index is 0.546. The third-order valence-electron chi connectivity index (χ3n) is 5.23. The Morgan fingerprint density at radius 2 is 1.59 bits per heavy atom. The molecule has 1 aliphatic rings. The second-order valence-electron chi connectivity index (χ2n) is 7.13. The second-order valence-corrected chi connectivity index (χ2v) is 7.13. The SMILES string of the molecule is COc1ccc(C[NH+]2CCc3ccccc3C2)cc1OCc1ccccc1. The lowest BCUT2D eigenvalue weighted by molar-refractivity contribution is -0.929. The van der Waals surface area contributed by atoms with E-state index in [1.165, 1.54) is 23.2 Å². The highest BCUT2D eigenvalue weighted by atomic mass is 16.5. The summed E-state index contributed by atoms with van der Waals surface area (Å²) in [6.07, 6.45) is 1.15. The molecule has 0 fully saturated rings. The van der Waals surface area contributed by atoms with Gasteiger partial charge in [0.1, 0.15) is 19.7 Å². The molecule has 0 saturated carbocycles. The number of hydrogen-bond acceptors (Lipinski definition) is 2. The molecular formula is C24H26NO2+. The summed E-state index contributed by atoms with van der Waals surface area (Å²) in [7, 11) is 1.69. The van der Waals surface area contributed by atoms with Crippen LogP contribution in [0.5, 0.6) is 11.5 Å². The summed E-state index contributed by atoms with van der Waals surface area (Å²) in [5, 5.41) is 0. The molecule has 0 amide bonds. The Bertz CT molecular complexity index is 892. The number of methoxy groups -OCH3 is 1. The Kier molecular flexibility index (Phi) is 5.40. The van der Waals surface area contributed by atoms with Gasteiger partial charge in [0, 0.05) is 17.5 Å². The Morgan fingerprint density at radius 3 is 2.41 bits per heavy atom. The Hall–Kier alpha value is -2.78. The number of ether oxygens (including phenoxy) is 2. The quantitative estimate of drug-likeness (QED) is 0.728. The summed E-state index contributed by atoms with van der Waals surface area (Å²) < 4.78 is 11.6. The molecule has 3 nitrogen and oxygen atoms in total. The monoisotopic (exact) mass is 360 g/mol.